The van der Waals surface area contributed by atoms with Crippen molar-refractivity contribution in [3.05, 3.63) is 77.5 Å². The van der Waals surface area contributed by atoms with Crippen LogP contribution in [0.1, 0.15) is 30.2 Å². The highest BCUT2D eigenvalue weighted by Crippen LogP contribution is 2.35. The van der Waals surface area contributed by atoms with E-state index in [1.54, 1.807) is 44.2 Å². The molecule has 1 N–H and O–H groups in total. The maximum Gasteiger partial charge on any atom is 0.225 e. The summed E-state index contributed by atoms with van der Waals surface area (Å²) in [6, 6.07) is 18.1. The second-order valence-corrected chi connectivity index (χ2v) is 8.56. The first-order valence-electron chi connectivity index (χ1n) is 9.19. The molecule has 5 nitrogen and oxygen atoms in total. The molecule has 3 rings (SSSR count). The molecule has 0 aliphatic heterocycles. The number of nitrogens with one attached hydrogen (secondary N) is 1. The molecule has 1 heterocycles. The average Bonchev–Trinajstić information content (AvgIpc) is 2.94. The van der Waals surface area contributed by atoms with E-state index in [2.05, 4.69) is 5.32 Å². The molecule has 1 aromatic heterocycles. The molecule has 146 valence electrons. The number of carbonyl (C=O) groups is 1. The summed E-state index contributed by atoms with van der Waals surface area (Å²) in [5.74, 6) is 0.103. The minimum Gasteiger partial charge on any atom is -0.326 e. The lowest BCUT2D eigenvalue weighted by atomic mass is 10.2. The van der Waals surface area contributed by atoms with Crippen molar-refractivity contribution in [1.82, 2.24) is 4.57 Å². The van der Waals surface area contributed by atoms with Gasteiger partial charge in [0.15, 0.2) is 0 Å². The van der Waals surface area contributed by atoms with Gasteiger partial charge >= 0.3 is 0 Å². The third-order valence-electron chi connectivity index (χ3n) is 4.86. The molecular weight excluding hydrogens is 372 g/mol. The number of hydrogen-bond donors (Lipinski definition) is 1. The second-order valence-electron chi connectivity index (χ2n) is 6.68. The summed E-state index contributed by atoms with van der Waals surface area (Å²) in [4.78, 5) is 12.6. The van der Waals surface area contributed by atoms with Crippen LogP contribution >= 0.6 is 0 Å². The Morgan fingerprint density at radius 3 is 2.11 bits per heavy atom. The molecule has 1 amide bonds. The number of aromatic nitrogens is 1. The molecular formula is C22H24N2O3S. The fourth-order valence-electron chi connectivity index (χ4n) is 3.19. The van der Waals surface area contributed by atoms with E-state index in [0.29, 0.717) is 17.9 Å². The molecule has 0 unspecified atom stereocenters. The van der Waals surface area contributed by atoms with Crippen LogP contribution in [-0.2, 0) is 21.2 Å². The van der Waals surface area contributed by atoms with E-state index in [0.717, 1.165) is 11.3 Å². The predicted molar refractivity (Wildman–Crippen MR) is 110 cm³/mol. The first kappa shape index (κ1) is 19.9. The van der Waals surface area contributed by atoms with Crippen molar-refractivity contribution in [2.45, 2.75) is 43.5 Å². The van der Waals surface area contributed by atoms with Gasteiger partial charge in [-0.05, 0) is 37.1 Å². The van der Waals surface area contributed by atoms with Gasteiger partial charge in [-0.3, -0.25) is 4.79 Å². The maximum absolute atomic E-state index is 13.4. The van der Waals surface area contributed by atoms with Crippen molar-refractivity contribution in [3.8, 4) is 0 Å². The Kier molecular flexibility index (Phi) is 5.70. The standard InChI is InChI=1S/C22H24N2O3S/c1-4-20(25)23-22-21(28(26,27)19-13-9-6-10-14-19)16(2)17(3)24(22)15-18-11-7-5-8-12-18/h5-14H,4,15H2,1-3H3,(H,23,25). The summed E-state index contributed by atoms with van der Waals surface area (Å²) in [5, 5.41) is 2.83. The molecule has 3 aromatic rings. The first-order valence-corrected chi connectivity index (χ1v) is 10.7. The van der Waals surface area contributed by atoms with Gasteiger partial charge < -0.3 is 9.88 Å². The van der Waals surface area contributed by atoms with Crippen LogP contribution in [0.4, 0.5) is 5.82 Å². The van der Waals surface area contributed by atoms with E-state index >= 15 is 0 Å². The largest absolute Gasteiger partial charge is 0.326 e. The van der Waals surface area contributed by atoms with Crippen molar-refractivity contribution in [3.63, 3.8) is 0 Å². The molecule has 0 spiro atoms. The number of amides is 1. The summed E-state index contributed by atoms with van der Waals surface area (Å²) in [6.45, 7) is 5.88. The summed E-state index contributed by atoms with van der Waals surface area (Å²) in [5.41, 5.74) is 2.48. The van der Waals surface area contributed by atoms with Gasteiger partial charge in [-0.1, -0.05) is 55.5 Å². The van der Waals surface area contributed by atoms with Crippen molar-refractivity contribution in [1.29, 1.82) is 0 Å². The van der Waals surface area contributed by atoms with Gasteiger partial charge in [0.05, 0.1) is 4.90 Å². The van der Waals surface area contributed by atoms with Crippen LogP contribution in [0.25, 0.3) is 0 Å². The molecule has 0 radical (unpaired) electrons. The van der Waals surface area contributed by atoms with Crippen molar-refractivity contribution >= 4 is 21.6 Å². The third-order valence-corrected chi connectivity index (χ3v) is 6.79. The highest BCUT2D eigenvalue weighted by Gasteiger charge is 2.30. The second kappa shape index (κ2) is 8.02. The van der Waals surface area contributed by atoms with Gasteiger partial charge in [0.1, 0.15) is 10.7 Å². The molecule has 0 aliphatic carbocycles. The van der Waals surface area contributed by atoms with Crippen molar-refractivity contribution in [2.24, 2.45) is 0 Å². The van der Waals surface area contributed by atoms with Crippen molar-refractivity contribution in [2.75, 3.05) is 5.32 Å². The normalized spacial score (nSPS) is 11.4. The van der Waals surface area contributed by atoms with Gasteiger partial charge in [0, 0.05) is 18.7 Å². The highest BCUT2D eigenvalue weighted by atomic mass is 32.2. The van der Waals surface area contributed by atoms with Gasteiger partial charge in [-0.25, -0.2) is 8.42 Å². The Balaban J connectivity index is 2.22. The minimum absolute atomic E-state index is 0.161. The van der Waals surface area contributed by atoms with Crippen LogP contribution in [0, 0.1) is 13.8 Å². The van der Waals surface area contributed by atoms with Gasteiger partial charge in [-0.15, -0.1) is 0 Å². The molecule has 0 aliphatic rings. The fraction of sp³-hybridized carbons (Fsp3) is 0.227. The molecule has 0 fully saturated rings. The quantitative estimate of drug-likeness (QED) is 0.674. The van der Waals surface area contributed by atoms with E-state index in [1.165, 1.54) is 0 Å². The van der Waals surface area contributed by atoms with E-state index < -0.39 is 9.84 Å². The Morgan fingerprint density at radius 1 is 0.964 bits per heavy atom. The number of hydrogen-bond acceptors (Lipinski definition) is 3. The molecule has 0 saturated carbocycles. The average molecular weight is 397 g/mol. The van der Waals surface area contributed by atoms with Crippen LogP contribution in [0.2, 0.25) is 0 Å². The van der Waals surface area contributed by atoms with Gasteiger partial charge in [0.2, 0.25) is 15.7 Å². The lowest BCUT2D eigenvalue weighted by Gasteiger charge is -2.14. The number of carbonyl (C=O) groups excluding carboxylic acids is 1. The zero-order valence-corrected chi connectivity index (χ0v) is 17.1. The monoisotopic (exact) mass is 396 g/mol. The molecule has 0 saturated heterocycles. The Hall–Kier alpha value is -2.86. The predicted octanol–water partition coefficient (Wildman–Crippen LogP) is 4.33. The van der Waals surface area contributed by atoms with Crippen LogP contribution in [-0.4, -0.2) is 18.9 Å². The zero-order valence-electron chi connectivity index (χ0n) is 16.3. The van der Waals surface area contributed by atoms with E-state index in [1.807, 2.05) is 41.8 Å². The summed E-state index contributed by atoms with van der Waals surface area (Å²) in [6.07, 6.45) is 0.263. The van der Waals surface area contributed by atoms with E-state index in [9.17, 15) is 13.2 Å². The molecule has 0 bridgehead atoms. The maximum atomic E-state index is 13.4. The topological polar surface area (TPSA) is 68.2 Å². The molecule has 28 heavy (non-hydrogen) atoms. The smallest absolute Gasteiger partial charge is 0.225 e. The fourth-order valence-corrected chi connectivity index (χ4v) is 4.91. The summed E-state index contributed by atoms with van der Waals surface area (Å²) < 4.78 is 28.7. The summed E-state index contributed by atoms with van der Waals surface area (Å²) in [7, 11) is -3.78. The van der Waals surface area contributed by atoms with Crippen molar-refractivity contribution < 1.29 is 13.2 Å². The molecule has 6 heteroatoms. The number of benzene rings is 2. The number of anilines is 1. The minimum atomic E-state index is -3.78. The first-order chi connectivity index (χ1) is 13.4. The Morgan fingerprint density at radius 2 is 1.54 bits per heavy atom. The van der Waals surface area contributed by atoms with Crippen LogP contribution in [0.15, 0.2) is 70.5 Å². The lowest BCUT2D eigenvalue weighted by Crippen LogP contribution is -2.17. The number of rotatable bonds is 6. The third kappa shape index (κ3) is 3.73. The van der Waals surface area contributed by atoms with Crippen LogP contribution in [0.3, 0.4) is 0 Å². The SMILES string of the molecule is CCC(=O)Nc1c(S(=O)(=O)c2ccccc2)c(C)c(C)n1Cc1ccccc1. The zero-order chi connectivity index (χ0) is 20.3. The van der Waals surface area contributed by atoms with E-state index in [-0.39, 0.29) is 22.1 Å². The van der Waals surface area contributed by atoms with Crippen LogP contribution in [0.5, 0.6) is 0 Å². The Bertz CT molecular complexity index is 1090. The lowest BCUT2D eigenvalue weighted by molar-refractivity contribution is -0.115. The Labute approximate surface area is 165 Å². The summed E-state index contributed by atoms with van der Waals surface area (Å²) >= 11 is 0. The van der Waals surface area contributed by atoms with Gasteiger partial charge in [0.25, 0.3) is 0 Å². The highest BCUT2D eigenvalue weighted by molar-refractivity contribution is 7.91. The van der Waals surface area contributed by atoms with Gasteiger partial charge in [-0.2, -0.15) is 0 Å². The number of nitrogens with zero attached hydrogens (tertiary/aromatic N) is 1. The molecule has 2 aromatic carbocycles. The molecule has 0 atom stereocenters. The number of sulfone groups is 1. The van der Waals surface area contributed by atoms with Crippen LogP contribution < -0.4 is 5.32 Å². The van der Waals surface area contributed by atoms with E-state index in [4.69, 9.17) is 0 Å².